The van der Waals surface area contributed by atoms with Gasteiger partial charge in [-0.1, -0.05) is 58.6 Å². The van der Waals surface area contributed by atoms with Crippen LogP contribution in [0.4, 0.5) is 4.79 Å². The van der Waals surface area contributed by atoms with Gasteiger partial charge in [-0.15, -0.1) is 0 Å². The van der Waals surface area contributed by atoms with E-state index in [2.05, 4.69) is 45.9 Å². The fourth-order valence-electron chi connectivity index (χ4n) is 8.36. The molecule has 0 bridgehead atoms. The van der Waals surface area contributed by atoms with Crippen molar-refractivity contribution in [1.82, 2.24) is 35.1 Å². The van der Waals surface area contributed by atoms with E-state index in [4.69, 9.17) is 14.7 Å². The number of rotatable bonds is 8. The lowest BCUT2D eigenvalue weighted by Gasteiger charge is -2.30. The van der Waals surface area contributed by atoms with Crippen LogP contribution in [0.25, 0.3) is 22.3 Å². The highest BCUT2D eigenvalue weighted by molar-refractivity contribution is 7.59. The van der Waals surface area contributed by atoms with E-state index in [1.165, 1.54) is 20.0 Å². The minimum absolute atomic E-state index is 0. The number of aromatic amines is 2. The van der Waals surface area contributed by atoms with Gasteiger partial charge in [0.05, 0.1) is 42.1 Å². The molecule has 4 aromatic rings. The first-order chi connectivity index (χ1) is 25.9. The van der Waals surface area contributed by atoms with Crippen molar-refractivity contribution in [1.29, 1.82) is 0 Å². The van der Waals surface area contributed by atoms with Crippen LogP contribution in [0.3, 0.4) is 0 Å². The maximum Gasteiger partial charge on any atom is 0.407 e. The normalized spacial score (nSPS) is 20.3. The zero-order valence-electron chi connectivity index (χ0n) is 34.2. The molecule has 2 saturated heterocycles. The number of benzene rings is 2. The number of ether oxygens (including phenoxy) is 1. The fourth-order valence-corrected chi connectivity index (χ4v) is 8.36. The van der Waals surface area contributed by atoms with Gasteiger partial charge in [0.15, 0.2) is 0 Å². The summed E-state index contributed by atoms with van der Waals surface area (Å²) in [7, 11) is 1.31. The number of likely N-dealkylation sites (tertiary alicyclic amines) is 2. The summed E-state index contributed by atoms with van der Waals surface area (Å²) in [6.07, 6.45) is 7.61. The molecule has 0 unspecified atom stereocenters. The number of nitrogens with one attached hydrogen (secondary N) is 3. The lowest BCUT2D eigenvalue weighted by molar-refractivity contribution is -0.137. The summed E-state index contributed by atoms with van der Waals surface area (Å²) >= 11 is 0. The summed E-state index contributed by atoms with van der Waals surface area (Å²) in [5.41, 5.74) is 5.83. The SMILES string of the molecule is COC(=O)N[C@H](C(=O)N1CC2(CC2)C[C@H]1c1ncc(-c2ccc(C#Cc3ccc4nc([C@@H]5CC6(CC6)CN5C(=O)[C@@H](C)C(C)C)[nH]c4c3)cc2)[nH]1)C(C)C.S.S.S.S. The van der Waals surface area contributed by atoms with Gasteiger partial charge in [0.2, 0.25) is 11.8 Å². The molecule has 11 nitrogen and oxygen atoms in total. The highest BCUT2D eigenvalue weighted by atomic mass is 32.1. The zero-order chi connectivity index (χ0) is 37.9. The summed E-state index contributed by atoms with van der Waals surface area (Å²) in [5.74, 6) is 8.56. The number of fused-ring (bicyclic) bond motifs is 1. The molecule has 0 radical (unpaired) electrons. The molecule has 2 spiro atoms. The molecule has 3 N–H and O–H groups in total. The molecule has 2 saturated carbocycles. The molecule has 4 atom stereocenters. The second kappa shape index (κ2) is 18.3. The molecule has 3 amide bonds. The number of H-pyrrole nitrogens is 2. The lowest BCUT2D eigenvalue weighted by Crippen LogP contribution is -2.51. The monoisotopic (exact) mass is 865 g/mol. The Hall–Kier alpha value is -3.71. The van der Waals surface area contributed by atoms with Crippen molar-refractivity contribution in [3.8, 4) is 23.1 Å². The van der Waals surface area contributed by atoms with E-state index in [1.807, 2.05) is 74.3 Å². The number of hydrogen-bond donors (Lipinski definition) is 3. The van der Waals surface area contributed by atoms with E-state index in [1.54, 1.807) is 0 Å². The number of hydrogen-bond acceptors (Lipinski definition) is 6. The lowest BCUT2D eigenvalue weighted by atomic mass is 9.96. The minimum Gasteiger partial charge on any atom is -0.453 e. The number of methoxy groups -OCH3 is 1. The van der Waals surface area contributed by atoms with Crippen LogP contribution in [0.1, 0.15) is 108 Å². The maximum atomic E-state index is 13.8. The predicted molar refractivity (Wildman–Crippen MR) is 247 cm³/mol. The Balaban J connectivity index is 0.00000186. The summed E-state index contributed by atoms with van der Waals surface area (Å²) < 4.78 is 4.80. The van der Waals surface area contributed by atoms with Gasteiger partial charge in [-0.05, 0) is 97.1 Å². The third-order valence-corrected chi connectivity index (χ3v) is 12.6. The second-order valence-electron chi connectivity index (χ2n) is 17.1. The third-order valence-electron chi connectivity index (χ3n) is 12.6. The quantitative estimate of drug-likeness (QED) is 0.156. The second-order valence-corrected chi connectivity index (χ2v) is 17.1. The molecule has 314 valence electrons. The van der Waals surface area contributed by atoms with Crippen molar-refractivity contribution in [3.05, 3.63) is 71.4 Å². The number of amides is 3. The van der Waals surface area contributed by atoms with E-state index >= 15 is 0 Å². The topological polar surface area (TPSA) is 136 Å². The van der Waals surface area contributed by atoms with Gasteiger partial charge in [0.1, 0.15) is 17.7 Å². The average molecular weight is 866 g/mol. The molecule has 58 heavy (non-hydrogen) atoms. The Bertz CT molecular complexity index is 2170. The molecule has 4 heterocycles. The molecule has 2 aliphatic carbocycles. The van der Waals surface area contributed by atoms with Crippen LogP contribution in [-0.4, -0.2) is 73.9 Å². The van der Waals surface area contributed by atoms with Crippen LogP contribution in [0, 0.1) is 40.4 Å². The van der Waals surface area contributed by atoms with Crippen molar-refractivity contribution < 1.29 is 19.1 Å². The first-order valence-electron chi connectivity index (χ1n) is 19.5. The Morgan fingerprint density at radius 1 is 0.776 bits per heavy atom. The van der Waals surface area contributed by atoms with Gasteiger partial charge in [-0.2, -0.15) is 54.0 Å². The van der Waals surface area contributed by atoms with Crippen molar-refractivity contribution in [3.63, 3.8) is 0 Å². The summed E-state index contributed by atoms with van der Waals surface area (Å²) in [5, 5.41) is 2.74. The van der Waals surface area contributed by atoms with Gasteiger partial charge < -0.3 is 29.8 Å². The molecular weight excluding hydrogens is 807 g/mol. The van der Waals surface area contributed by atoms with Crippen LogP contribution in [-0.2, 0) is 14.3 Å². The Morgan fingerprint density at radius 2 is 1.34 bits per heavy atom. The van der Waals surface area contributed by atoms with Crippen molar-refractivity contribution >= 4 is 82.9 Å². The fraction of sp³-hybridized carbons (Fsp3) is 0.512. The van der Waals surface area contributed by atoms with Crippen LogP contribution >= 0.6 is 54.0 Å². The largest absolute Gasteiger partial charge is 0.453 e. The van der Waals surface area contributed by atoms with E-state index in [0.29, 0.717) is 12.5 Å². The van der Waals surface area contributed by atoms with Crippen LogP contribution in [0.15, 0.2) is 48.7 Å². The smallest absolute Gasteiger partial charge is 0.407 e. The number of carbonyl (C=O) groups excluding carboxylic acids is 3. The highest BCUT2D eigenvalue weighted by Gasteiger charge is 2.56. The van der Waals surface area contributed by atoms with Crippen LogP contribution in [0.5, 0.6) is 0 Å². The Kier molecular flexibility index (Phi) is 14.8. The molecule has 2 aromatic heterocycles. The van der Waals surface area contributed by atoms with Gasteiger partial charge >= 0.3 is 6.09 Å². The maximum absolute atomic E-state index is 13.8. The van der Waals surface area contributed by atoms with Crippen molar-refractivity contribution in [2.75, 3.05) is 20.2 Å². The predicted octanol–water partition coefficient (Wildman–Crippen LogP) is 7.58. The number of alkyl carbamates (subject to hydrolysis) is 1. The van der Waals surface area contributed by atoms with Crippen molar-refractivity contribution in [2.45, 2.75) is 91.3 Å². The highest BCUT2D eigenvalue weighted by Crippen LogP contribution is 2.59. The molecular formula is C43H59N7O4S4. The molecule has 15 heteroatoms. The van der Waals surface area contributed by atoms with Gasteiger partial charge in [-0.3, -0.25) is 9.59 Å². The first-order valence-corrected chi connectivity index (χ1v) is 19.5. The van der Waals surface area contributed by atoms with Gasteiger partial charge in [-0.25, -0.2) is 14.8 Å². The van der Waals surface area contributed by atoms with Crippen molar-refractivity contribution in [2.24, 2.45) is 28.6 Å². The van der Waals surface area contributed by atoms with E-state index < -0.39 is 12.1 Å². The third kappa shape index (κ3) is 9.35. The summed E-state index contributed by atoms with van der Waals surface area (Å²) in [6.45, 7) is 11.6. The van der Waals surface area contributed by atoms with Crippen LogP contribution < -0.4 is 5.32 Å². The van der Waals surface area contributed by atoms with E-state index in [0.717, 1.165) is 77.3 Å². The number of nitrogens with zero attached hydrogens (tertiary/aromatic N) is 4. The molecule has 4 aliphatic rings. The zero-order valence-corrected chi connectivity index (χ0v) is 38.2. The number of carbonyl (C=O) groups is 3. The molecule has 2 aliphatic heterocycles. The van der Waals surface area contributed by atoms with E-state index in [-0.39, 0.29) is 101 Å². The van der Waals surface area contributed by atoms with Gasteiger partial charge in [0, 0.05) is 30.1 Å². The summed E-state index contributed by atoms with van der Waals surface area (Å²) in [6, 6.07) is 13.2. The summed E-state index contributed by atoms with van der Waals surface area (Å²) in [4.78, 5) is 60.1. The molecule has 4 fully saturated rings. The molecule has 2 aromatic carbocycles. The average Bonchev–Trinajstić information content (AvgIpc) is 3.78. The molecule has 8 rings (SSSR count). The Labute approximate surface area is 369 Å². The van der Waals surface area contributed by atoms with Gasteiger partial charge in [0.25, 0.3) is 0 Å². The number of aromatic nitrogens is 4. The van der Waals surface area contributed by atoms with E-state index in [9.17, 15) is 14.4 Å². The number of imidazole rings is 2. The standard InChI is InChI=1S/C43H51N7O4.4H2S/c1-25(2)27(5)39(51)49-23-43(17-18-43)21-35(49)38-45-31-14-11-29(19-32(31)46-38)8-7-28-9-12-30(13-10-28)33-22-44-37(47-33)34-20-42(15-16-42)24-50(34)40(52)36(26(3)4)48-41(53)54-6;;;;/h9-14,19,22,25-27,34-36H,15-18,20-21,23-24H2,1-6H3,(H,44,47)(H,45,46)(H,48,53);4*1H2/t27-,34-,35-,36-;;;;/m0..../s1. The first kappa shape index (κ1) is 47.0. The minimum atomic E-state index is -0.677. The Morgan fingerprint density at radius 3 is 1.91 bits per heavy atom. The van der Waals surface area contributed by atoms with Crippen LogP contribution in [0.2, 0.25) is 0 Å².